The number of benzene rings is 2. The van der Waals surface area contributed by atoms with Crippen molar-refractivity contribution in [1.82, 2.24) is 4.90 Å². The van der Waals surface area contributed by atoms with Crippen LogP contribution < -0.4 is 10.2 Å². The van der Waals surface area contributed by atoms with Crippen LogP contribution in [0.2, 0.25) is 5.02 Å². The highest BCUT2D eigenvalue weighted by Crippen LogP contribution is 2.32. The van der Waals surface area contributed by atoms with Crippen LogP contribution in [0.4, 0.5) is 11.4 Å². The molecule has 5 heteroatoms. The molecule has 0 saturated carbocycles. The van der Waals surface area contributed by atoms with Crippen molar-refractivity contribution in [3.05, 3.63) is 58.6 Å². The minimum Gasteiger partial charge on any atom is -0.369 e. The normalized spacial score (nSPS) is 15.2. The van der Waals surface area contributed by atoms with Gasteiger partial charge in [-0.2, -0.15) is 0 Å². The van der Waals surface area contributed by atoms with E-state index in [-0.39, 0.29) is 5.91 Å². The second-order valence-corrected chi connectivity index (χ2v) is 8.85. The van der Waals surface area contributed by atoms with E-state index in [1.807, 2.05) is 18.2 Å². The molecule has 1 aliphatic heterocycles. The summed E-state index contributed by atoms with van der Waals surface area (Å²) < 4.78 is 0. The van der Waals surface area contributed by atoms with Crippen molar-refractivity contribution >= 4 is 28.9 Å². The molecule has 0 unspecified atom stereocenters. The monoisotopic (exact) mass is 413 g/mol. The molecule has 0 spiro atoms. The van der Waals surface area contributed by atoms with E-state index in [2.05, 4.69) is 67.1 Å². The Labute approximate surface area is 179 Å². The molecule has 0 aliphatic carbocycles. The number of rotatable bonds is 6. The van der Waals surface area contributed by atoms with Crippen LogP contribution in [0.5, 0.6) is 0 Å². The first-order valence-electron chi connectivity index (χ1n) is 10.5. The molecule has 0 aromatic heterocycles. The minimum atomic E-state index is 0.0659. The average molecular weight is 414 g/mol. The first-order valence-corrected chi connectivity index (χ1v) is 10.9. The lowest BCUT2D eigenvalue weighted by Gasteiger charge is -2.35. The molecule has 3 rings (SSSR count). The molecular formula is C24H32ClN3O. The van der Waals surface area contributed by atoms with E-state index < -0.39 is 0 Å². The Morgan fingerprint density at radius 2 is 1.55 bits per heavy atom. The number of halogens is 1. The lowest BCUT2D eigenvalue weighted by Crippen LogP contribution is -2.48. The topological polar surface area (TPSA) is 35.6 Å². The van der Waals surface area contributed by atoms with Gasteiger partial charge in [-0.15, -0.1) is 0 Å². The van der Waals surface area contributed by atoms with Gasteiger partial charge >= 0.3 is 0 Å². The van der Waals surface area contributed by atoms with Gasteiger partial charge in [0.15, 0.2) is 0 Å². The fraction of sp³-hybridized carbons (Fsp3) is 0.458. The molecule has 0 bridgehead atoms. The third-order valence-corrected chi connectivity index (χ3v) is 5.79. The van der Waals surface area contributed by atoms with Gasteiger partial charge < -0.3 is 10.2 Å². The van der Waals surface area contributed by atoms with E-state index in [0.717, 1.165) is 42.6 Å². The van der Waals surface area contributed by atoms with Crippen molar-refractivity contribution in [2.45, 2.75) is 39.5 Å². The number of amides is 1. The smallest absolute Gasteiger partial charge is 0.238 e. The molecule has 4 nitrogen and oxygen atoms in total. The van der Waals surface area contributed by atoms with Gasteiger partial charge in [-0.25, -0.2) is 0 Å². The summed E-state index contributed by atoms with van der Waals surface area (Å²) in [7, 11) is 0. The van der Waals surface area contributed by atoms with E-state index in [1.165, 1.54) is 11.1 Å². The van der Waals surface area contributed by atoms with Crippen LogP contribution in [0.15, 0.2) is 42.5 Å². The summed E-state index contributed by atoms with van der Waals surface area (Å²) in [5.41, 5.74) is 4.56. The molecule has 2 aromatic carbocycles. The molecule has 0 radical (unpaired) electrons. The molecule has 29 heavy (non-hydrogen) atoms. The largest absolute Gasteiger partial charge is 0.369 e. The summed E-state index contributed by atoms with van der Waals surface area (Å²) in [6.07, 6.45) is 0. The van der Waals surface area contributed by atoms with E-state index in [1.54, 1.807) is 0 Å². The Hall–Kier alpha value is -2.04. The third kappa shape index (κ3) is 5.52. The predicted molar refractivity (Wildman–Crippen MR) is 123 cm³/mol. The molecular weight excluding hydrogens is 382 g/mol. The van der Waals surface area contributed by atoms with Crippen LogP contribution in [0.25, 0.3) is 0 Å². The lowest BCUT2D eigenvalue weighted by atomic mass is 9.92. The first kappa shape index (κ1) is 21.7. The van der Waals surface area contributed by atoms with Crippen LogP contribution in [0.1, 0.15) is 50.7 Å². The third-order valence-electron chi connectivity index (χ3n) is 5.55. The van der Waals surface area contributed by atoms with Gasteiger partial charge in [-0.3, -0.25) is 9.69 Å². The van der Waals surface area contributed by atoms with Gasteiger partial charge in [-0.05, 0) is 41.2 Å². The summed E-state index contributed by atoms with van der Waals surface area (Å²) in [5, 5.41) is 3.99. The number of piperazine rings is 1. The second-order valence-electron chi connectivity index (χ2n) is 8.41. The van der Waals surface area contributed by atoms with Crippen LogP contribution >= 0.6 is 11.6 Å². The maximum Gasteiger partial charge on any atom is 0.238 e. The molecule has 1 fully saturated rings. The maximum atomic E-state index is 12.8. The van der Waals surface area contributed by atoms with Gasteiger partial charge in [0.2, 0.25) is 5.91 Å². The van der Waals surface area contributed by atoms with Crippen molar-refractivity contribution in [3.8, 4) is 0 Å². The number of hydrogen-bond acceptors (Lipinski definition) is 3. The van der Waals surface area contributed by atoms with Crippen molar-refractivity contribution in [1.29, 1.82) is 0 Å². The first-order chi connectivity index (χ1) is 13.8. The van der Waals surface area contributed by atoms with Crippen molar-refractivity contribution in [2.24, 2.45) is 0 Å². The Kier molecular flexibility index (Phi) is 7.20. The Morgan fingerprint density at radius 1 is 0.966 bits per heavy atom. The Balaban J connectivity index is 1.61. The van der Waals surface area contributed by atoms with Crippen LogP contribution in [0, 0.1) is 0 Å². The zero-order chi connectivity index (χ0) is 21.0. The highest BCUT2D eigenvalue weighted by molar-refractivity contribution is 6.30. The fourth-order valence-corrected chi connectivity index (χ4v) is 4.10. The van der Waals surface area contributed by atoms with Gasteiger partial charge in [0.1, 0.15) is 0 Å². The molecule has 1 saturated heterocycles. The van der Waals surface area contributed by atoms with Gasteiger partial charge in [-0.1, -0.05) is 63.6 Å². The molecule has 2 aromatic rings. The Morgan fingerprint density at radius 3 is 2.10 bits per heavy atom. The zero-order valence-corrected chi connectivity index (χ0v) is 18.7. The fourth-order valence-electron chi connectivity index (χ4n) is 3.91. The second kappa shape index (κ2) is 9.64. The molecule has 0 atom stereocenters. The SMILES string of the molecule is CC(C)c1cccc(C(C)C)c1NC(=O)CN1CCN(c2cccc(Cl)c2)CC1. The van der Waals surface area contributed by atoms with Crippen molar-refractivity contribution in [2.75, 3.05) is 42.9 Å². The van der Waals surface area contributed by atoms with Gasteiger partial charge in [0, 0.05) is 42.6 Å². The average Bonchev–Trinajstić information content (AvgIpc) is 2.68. The number of nitrogens with one attached hydrogen (secondary N) is 1. The van der Waals surface area contributed by atoms with Crippen LogP contribution in [-0.2, 0) is 4.79 Å². The summed E-state index contributed by atoms with van der Waals surface area (Å²) in [4.78, 5) is 17.4. The number of nitrogens with zero attached hydrogens (tertiary/aromatic N) is 2. The summed E-state index contributed by atoms with van der Waals surface area (Å²) in [6.45, 7) is 12.6. The Bertz CT molecular complexity index is 816. The quantitative estimate of drug-likeness (QED) is 0.693. The highest BCUT2D eigenvalue weighted by atomic mass is 35.5. The molecule has 1 heterocycles. The van der Waals surface area contributed by atoms with Crippen LogP contribution in [-0.4, -0.2) is 43.5 Å². The molecule has 156 valence electrons. The predicted octanol–water partition coefficient (Wildman–Crippen LogP) is 5.35. The van der Waals surface area contributed by atoms with Gasteiger partial charge in [0.25, 0.3) is 0 Å². The standard InChI is InChI=1S/C24H32ClN3O/c1-17(2)21-9-6-10-22(18(3)4)24(21)26-23(29)16-27-11-13-28(14-12-27)20-8-5-7-19(25)15-20/h5-10,15,17-18H,11-14,16H2,1-4H3,(H,26,29). The van der Waals surface area contributed by atoms with E-state index in [0.29, 0.717) is 18.4 Å². The highest BCUT2D eigenvalue weighted by Gasteiger charge is 2.21. The summed E-state index contributed by atoms with van der Waals surface area (Å²) in [5.74, 6) is 0.798. The van der Waals surface area contributed by atoms with Crippen molar-refractivity contribution in [3.63, 3.8) is 0 Å². The van der Waals surface area contributed by atoms with Gasteiger partial charge in [0.05, 0.1) is 6.54 Å². The van der Waals surface area contributed by atoms with Crippen LogP contribution in [0.3, 0.4) is 0 Å². The summed E-state index contributed by atoms with van der Waals surface area (Å²) in [6, 6.07) is 14.3. The maximum absolute atomic E-state index is 12.8. The van der Waals surface area contributed by atoms with E-state index in [4.69, 9.17) is 11.6 Å². The van der Waals surface area contributed by atoms with E-state index >= 15 is 0 Å². The number of carbonyl (C=O) groups excluding carboxylic acids is 1. The zero-order valence-electron chi connectivity index (χ0n) is 17.9. The number of hydrogen-bond donors (Lipinski definition) is 1. The number of anilines is 2. The number of para-hydroxylation sites is 1. The van der Waals surface area contributed by atoms with Crippen molar-refractivity contribution < 1.29 is 4.79 Å². The minimum absolute atomic E-state index is 0.0659. The molecule has 1 aliphatic rings. The summed E-state index contributed by atoms with van der Waals surface area (Å²) >= 11 is 6.12. The molecule has 1 N–H and O–H groups in total. The lowest BCUT2D eigenvalue weighted by molar-refractivity contribution is -0.117. The van der Waals surface area contributed by atoms with E-state index in [9.17, 15) is 4.79 Å². The number of carbonyl (C=O) groups is 1. The molecule has 1 amide bonds.